The molecular weight excluding hydrogens is 684 g/mol. The Labute approximate surface area is 307 Å². The van der Waals surface area contributed by atoms with E-state index < -0.39 is 29.7 Å². The van der Waals surface area contributed by atoms with Crippen molar-refractivity contribution in [2.45, 2.75) is 18.9 Å². The van der Waals surface area contributed by atoms with E-state index in [1.165, 1.54) is 12.1 Å². The maximum atomic E-state index is 13.0. The number of aromatic nitrogens is 1. The van der Waals surface area contributed by atoms with Crippen LogP contribution in [0, 0.1) is 0 Å². The summed E-state index contributed by atoms with van der Waals surface area (Å²) >= 11 is 0. The molecule has 4 amide bonds. The van der Waals surface area contributed by atoms with Crippen molar-refractivity contribution < 1.29 is 47.6 Å². The second-order valence-corrected chi connectivity index (χ2v) is 11.7. The largest absolute Gasteiger partial charge is 0.491 e. The highest BCUT2D eigenvalue weighted by Gasteiger charge is 2.44. The van der Waals surface area contributed by atoms with Crippen molar-refractivity contribution in [2.24, 2.45) is 4.99 Å². The molecule has 0 radical (unpaired) electrons. The van der Waals surface area contributed by atoms with Gasteiger partial charge in [-0.1, -0.05) is 24.8 Å². The number of allylic oxidation sites excluding steroid dienone is 3. The Hall–Kier alpha value is -5.70. The summed E-state index contributed by atoms with van der Waals surface area (Å²) < 4.78 is 33.4. The maximum absolute atomic E-state index is 13.0. The SMILES string of the molecule is C=CC(/C=C/c1ccc2cc(OCCOCCOCCOCCOc3ccc4c(c3)C(=O)N(C3CCC(=O)NC3=O)C4=O)ccc2n1)=C\C(=NC)OC. The van der Waals surface area contributed by atoms with Crippen LogP contribution in [0.5, 0.6) is 11.5 Å². The lowest BCUT2D eigenvalue weighted by Crippen LogP contribution is -2.54. The van der Waals surface area contributed by atoms with Gasteiger partial charge in [-0.3, -0.25) is 34.4 Å². The summed E-state index contributed by atoms with van der Waals surface area (Å²) in [5.74, 6) is -0.607. The van der Waals surface area contributed by atoms with E-state index in [9.17, 15) is 19.2 Å². The van der Waals surface area contributed by atoms with Crippen LogP contribution in [0.4, 0.5) is 0 Å². The number of hydrogen-bond acceptors (Lipinski definition) is 12. The molecular formula is C39H42N4O10. The van der Waals surface area contributed by atoms with E-state index in [2.05, 4.69) is 16.9 Å². The van der Waals surface area contributed by atoms with Gasteiger partial charge in [0.25, 0.3) is 11.8 Å². The molecule has 14 heteroatoms. The number of rotatable bonds is 19. The van der Waals surface area contributed by atoms with E-state index in [1.54, 1.807) is 32.4 Å². The molecule has 1 N–H and O–H groups in total. The van der Waals surface area contributed by atoms with Crippen LogP contribution in [0.1, 0.15) is 39.3 Å². The van der Waals surface area contributed by atoms with E-state index in [1.807, 2.05) is 42.5 Å². The summed E-state index contributed by atoms with van der Waals surface area (Å²) in [4.78, 5) is 59.1. The third-order valence-corrected chi connectivity index (χ3v) is 8.23. The highest BCUT2D eigenvalue weighted by Crippen LogP contribution is 2.30. The van der Waals surface area contributed by atoms with Gasteiger partial charge >= 0.3 is 0 Å². The van der Waals surface area contributed by atoms with E-state index in [4.69, 9.17) is 33.4 Å². The van der Waals surface area contributed by atoms with Crippen molar-refractivity contribution in [3.05, 3.63) is 95.7 Å². The second-order valence-electron chi connectivity index (χ2n) is 11.7. The summed E-state index contributed by atoms with van der Waals surface area (Å²) in [6, 6.07) is 13.2. The number of carbonyl (C=O) groups is 4. The summed E-state index contributed by atoms with van der Waals surface area (Å²) in [5.41, 5.74) is 2.84. The number of hydrogen-bond donors (Lipinski definition) is 1. The summed E-state index contributed by atoms with van der Waals surface area (Å²) in [6.45, 7) is 6.67. The molecule has 278 valence electrons. The van der Waals surface area contributed by atoms with Crippen LogP contribution in [0.2, 0.25) is 0 Å². The summed E-state index contributed by atoms with van der Waals surface area (Å²) in [6.07, 6.45) is 7.48. The van der Waals surface area contributed by atoms with Gasteiger partial charge in [-0.15, -0.1) is 0 Å². The molecule has 1 aromatic heterocycles. The van der Waals surface area contributed by atoms with Gasteiger partial charge in [0.1, 0.15) is 30.8 Å². The quantitative estimate of drug-likeness (QED) is 0.0626. The zero-order chi connectivity index (χ0) is 37.6. The van der Waals surface area contributed by atoms with Crippen molar-refractivity contribution >= 4 is 46.5 Å². The fraction of sp³-hybridized carbons (Fsp3) is 0.333. The first kappa shape index (κ1) is 38.5. The van der Waals surface area contributed by atoms with E-state index >= 15 is 0 Å². The molecule has 1 saturated heterocycles. The zero-order valence-electron chi connectivity index (χ0n) is 29.7. The van der Waals surface area contributed by atoms with Crippen LogP contribution in [-0.2, 0) is 28.5 Å². The number of piperidine rings is 1. The number of methoxy groups -OCH3 is 1. The van der Waals surface area contributed by atoms with Gasteiger partial charge in [-0.25, -0.2) is 4.98 Å². The average molecular weight is 727 g/mol. The third-order valence-electron chi connectivity index (χ3n) is 8.23. The molecule has 0 bridgehead atoms. The summed E-state index contributed by atoms with van der Waals surface area (Å²) in [5, 5.41) is 3.14. The Morgan fingerprint density at radius 2 is 1.51 bits per heavy atom. The fourth-order valence-electron chi connectivity index (χ4n) is 5.53. The highest BCUT2D eigenvalue weighted by atomic mass is 16.6. The third kappa shape index (κ3) is 10.4. The Bertz CT molecular complexity index is 1920. The molecule has 0 saturated carbocycles. The summed E-state index contributed by atoms with van der Waals surface area (Å²) in [7, 11) is 3.23. The number of fused-ring (bicyclic) bond motifs is 2. The molecule has 1 unspecified atom stereocenters. The standard InChI is InChI=1S/C39H42N4O10/c1-4-26(23-36(40-2)48-3)5-7-28-8-6-27-24-29(10-12-33(27)41-28)52-21-19-50-17-15-49-16-18-51-20-22-53-30-9-11-31-32(25-30)39(47)43(38(31)46)34-13-14-35(44)42-37(34)45/h4-12,23-25,34H,1,13-22H2,2-3H3,(H,42,44,45)/b7-5+,26-23+,40-36?. The number of benzene rings is 2. The minimum absolute atomic E-state index is 0.0600. The lowest BCUT2D eigenvalue weighted by atomic mass is 10.0. The number of imide groups is 2. The lowest BCUT2D eigenvalue weighted by molar-refractivity contribution is -0.136. The number of carbonyl (C=O) groups excluding carboxylic acids is 4. The molecule has 2 aliphatic rings. The Morgan fingerprint density at radius 1 is 0.868 bits per heavy atom. The smallest absolute Gasteiger partial charge is 0.262 e. The molecule has 3 aromatic rings. The number of nitrogens with one attached hydrogen (secondary N) is 1. The van der Waals surface area contributed by atoms with Crippen molar-refractivity contribution in [1.29, 1.82) is 0 Å². The molecule has 0 spiro atoms. The molecule has 3 heterocycles. The van der Waals surface area contributed by atoms with Gasteiger partial charge in [0, 0.05) is 24.9 Å². The molecule has 1 atom stereocenters. The molecule has 5 rings (SSSR count). The van der Waals surface area contributed by atoms with Crippen molar-refractivity contribution in [3.63, 3.8) is 0 Å². The topological polar surface area (TPSA) is 164 Å². The molecule has 0 aliphatic carbocycles. The second kappa shape index (κ2) is 19.2. The molecule has 2 aliphatic heterocycles. The number of pyridine rings is 1. The first-order valence-corrected chi connectivity index (χ1v) is 17.1. The van der Waals surface area contributed by atoms with E-state index in [0.717, 1.165) is 32.8 Å². The lowest BCUT2D eigenvalue weighted by Gasteiger charge is -2.27. The predicted molar refractivity (Wildman–Crippen MR) is 196 cm³/mol. The molecule has 14 nitrogen and oxygen atoms in total. The van der Waals surface area contributed by atoms with Crippen LogP contribution in [-0.4, -0.2) is 112 Å². The minimum Gasteiger partial charge on any atom is -0.491 e. The Balaban J connectivity index is 0.910. The number of ether oxygens (including phenoxy) is 6. The number of nitrogens with zero attached hydrogens (tertiary/aromatic N) is 3. The van der Waals surface area contributed by atoms with Gasteiger partial charge in [0.05, 0.1) is 69.1 Å². The minimum atomic E-state index is -1.02. The van der Waals surface area contributed by atoms with E-state index in [-0.39, 0.29) is 37.2 Å². The molecule has 2 aromatic carbocycles. The van der Waals surface area contributed by atoms with Gasteiger partial charge in [-0.2, -0.15) is 0 Å². The van der Waals surface area contributed by atoms with Crippen LogP contribution < -0.4 is 14.8 Å². The zero-order valence-corrected chi connectivity index (χ0v) is 29.7. The predicted octanol–water partition coefficient (Wildman–Crippen LogP) is 3.94. The van der Waals surface area contributed by atoms with Crippen molar-refractivity contribution in [3.8, 4) is 11.5 Å². The fourth-order valence-corrected chi connectivity index (χ4v) is 5.53. The van der Waals surface area contributed by atoms with Gasteiger partial charge in [0.15, 0.2) is 0 Å². The van der Waals surface area contributed by atoms with Crippen LogP contribution in [0.25, 0.3) is 17.0 Å². The first-order chi connectivity index (χ1) is 25.8. The molecule has 1 fully saturated rings. The Kier molecular flexibility index (Phi) is 14.0. The number of aliphatic imine (C=N–C) groups is 1. The van der Waals surface area contributed by atoms with Gasteiger partial charge in [-0.05, 0) is 60.5 Å². The Morgan fingerprint density at radius 3 is 2.15 bits per heavy atom. The van der Waals surface area contributed by atoms with Gasteiger partial charge < -0.3 is 28.4 Å². The average Bonchev–Trinajstić information content (AvgIpc) is 3.41. The molecule has 53 heavy (non-hydrogen) atoms. The normalized spacial score (nSPS) is 16.3. The monoisotopic (exact) mass is 726 g/mol. The maximum Gasteiger partial charge on any atom is 0.262 e. The number of amides is 4. The van der Waals surface area contributed by atoms with Gasteiger partial charge in [0.2, 0.25) is 17.7 Å². The first-order valence-electron chi connectivity index (χ1n) is 17.1. The van der Waals surface area contributed by atoms with Crippen LogP contribution in [0.3, 0.4) is 0 Å². The van der Waals surface area contributed by atoms with E-state index in [0.29, 0.717) is 51.3 Å². The van der Waals surface area contributed by atoms with Crippen molar-refractivity contribution in [2.75, 3.05) is 67.0 Å². The van der Waals surface area contributed by atoms with Crippen molar-refractivity contribution in [1.82, 2.24) is 15.2 Å². The highest BCUT2D eigenvalue weighted by molar-refractivity contribution is 6.23. The van der Waals surface area contributed by atoms with Crippen LogP contribution in [0.15, 0.2) is 83.9 Å². The van der Waals surface area contributed by atoms with Crippen LogP contribution >= 0.6 is 0 Å².